The van der Waals surface area contributed by atoms with Crippen LogP contribution in [0.1, 0.15) is 40.5 Å². The van der Waals surface area contributed by atoms with Gasteiger partial charge in [0.15, 0.2) is 0 Å². The van der Waals surface area contributed by atoms with E-state index in [0.717, 1.165) is 19.4 Å². The lowest BCUT2D eigenvalue weighted by atomic mass is 10.1. The van der Waals surface area contributed by atoms with Crippen molar-refractivity contribution in [1.82, 2.24) is 9.71 Å². The Hall–Kier alpha value is -0.850. The van der Waals surface area contributed by atoms with Gasteiger partial charge in [-0.2, -0.15) is 0 Å². The number of nitrogens with zero attached hydrogens (tertiary/aromatic N) is 1. The number of rotatable bonds is 8. The number of hydrogen-bond acceptors (Lipinski definition) is 4. The predicted octanol–water partition coefficient (Wildman–Crippen LogP) is 3.27. The Labute approximate surface area is 132 Å². The van der Waals surface area contributed by atoms with E-state index >= 15 is 0 Å². The van der Waals surface area contributed by atoms with Crippen LogP contribution in [0.3, 0.4) is 0 Å². The van der Waals surface area contributed by atoms with Crippen molar-refractivity contribution in [2.24, 2.45) is 5.92 Å². The van der Waals surface area contributed by atoms with E-state index in [1.165, 1.54) is 12.3 Å². The Morgan fingerprint density at radius 3 is 2.52 bits per heavy atom. The van der Waals surface area contributed by atoms with E-state index in [1.807, 2.05) is 13.8 Å². The molecule has 0 aromatic carbocycles. The van der Waals surface area contributed by atoms with Gasteiger partial charge in [-0.1, -0.05) is 32.4 Å². The molecule has 1 aromatic heterocycles. The molecule has 0 aliphatic rings. The highest BCUT2D eigenvalue weighted by Gasteiger charge is 2.19. The van der Waals surface area contributed by atoms with E-state index in [1.54, 1.807) is 0 Å². The molecule has 0 spiro atoms. The number of nitrogens with one attached hydrogen (secondary N) is 2. The van der Waals surface area contributed by atoms with Crippen LogP contribution in [-0.4, -0.2) is 26.0 Å². The molecule has 5 nitrogen and oxygen atoms in total. The zero-order valence-corrected chi connectivity index (χ0v) is 14.6. The number of pyridine rings is 1. The molecule has 0 aliphatic heterocycles. The molecule has 0 fully saturated rings. The van der Waals surface area contributed by atoms with Crippen LogP contribution in [0.25, 0.3) is 0 Å². The quantitative estimate of drug-likeness (QED) is 0.766. The SMILES string of the molecule is CCCNc1ncc(S(=O)(=O)NC(C)CC(C)C)cc1Cl. The molecule has 2 N–H and O–H groups in total. The zero-order valence-electron chi connectivity index (χ0n) is 13.0. The summed E-state index contributed by atoms with van der Waals surface area (Å²) in [7, 11) is -3.59. The van der Waals surface area contributed by atoms with Gasteiger partial charge in [0, 0.05) is 18.8 Å². The van der Waals surface area contributed by atoms with Gasteiger partial charge < -0.3 is 5.32 Å². The summed E-state index contributed by atoms with van der Waals surface area (Å²) in [6, 6.07) is 1.29. The maximum Gasteiger partial charge on any atom is 0.242 e. The third-order valence-electron chi connectivity index (χ3n) is 2.85. The summed E-state index contributed by atoms with van der Waals surface area (Å²) >= 11 is 6.07. The summed E-state index contributed by atoms with van der Waals surface area (Å²) < 4.78 is 27.2. The molecule has 0 radical (unpaired) electrons. The van der Waals surface area contributed by atoms with Crippen LogP contribution in [0.5, 0.6) is 0 Å². The summed E-state index contributed by atoms with van der Waals surface area (Å²) in [5.41, 5.74) is 0. The van der Waals surface area contributed by atoms with Gasteiger partial charge in [0.05, 0.1) is 5.02 Å². The van der Waals surface area contributed by atoms with Crippen molar-refractivity contribution in [3.8, 4) is 0 Å². The maximum absolute atomic E-state index is 12.3. The van der Waals surface area contributed by atoms with Crippen molar-refractivity contribution in [2.75, 3.05) is 11.9 Å². The van der Waals surface area contributed by atoms with Crippen LogP contribution in [-0.2, 0) is 10.0 Å². The van der Waals surface area contributed by atoms with Gasteiger partial charge in [-0.3, -0.25) is 0 Å². The summed E-state index contributed by atoms with van der Waals surface area (Å²) in [6.07, 6.45) is 3.04. The number of hydrogen-bond donors (Lipinski definition) is 2. The average molecular weight is 334 g/mol. The van der Waals surface area contributed by atoms with E-state index in [0.29, 0.717) is 16.8 Å². The van der Waals surface area contributed by atoms with Crippen LogP contribution in [0.2, 0.25) is 5.02 Å². The van der Waals surface area contributed by atoms with E-state index < -0.39 is 10.0 Å². The molecule has 1 unspecified atom stereocenters. The second kappa shape index (κ2) is 7.96. The zero-order chi connectivity index (χ0) is 16.0. The Bertz CT molecular complexity index is 561. The minimum atomic E-state index is -3.59. The number of aromatic nitrogens is 1. The van der Waals surface area contributed by atoms with Crippen LogP contribution in [0.4, 0.5) is 5.82 Å². The monoisotopic (exact) mass is 333 g/mol. The molecular weight excluding hydrogens is 310 g/mol. The summed E-state index contributed by atoms with van der Waals surface area (Å²) in [6.45, 7) is 8.72. The lowest BCUT2D eigenvalue weighted by molar-refractivity contribution is 0.482. The van der Waals surface area contributed by atoms with E-state index in [9.17, 15) is 8.42 Å². The van der Waals surface area contributed by atoms with Crippen LogP contribution in [0.15, 0.2) is 17.2 Å². The first-order valence-corrected chi connectivity index (χ1v) is 9.04. The molecule has 0 aliphatic carbocycles. The Morgan fingerprint density at radius 1 is 1.33 bits per heavy atom. The topological polar surface area (TPSA) is 71.1 Å². The normalized spacial score (nSPS) is 13.4. The molecule has 21 heavy (non-hydrogen) atoms. The third-order valence-corrected chi connectivity index (χ3v) is 4.69. The number of halogens is 1. The van der Waals surface area contributed by atoms with Gasteiger partial charge in [-0.25, -0.2) is 18.1 Å². The van der Waals surface area contributed by atoms with E-state index in [-0.39, 0.29) is 10.9 Å². The molecule has 0 saturated heterocycles. The largest absolute Gasteiger partial charge is 0.369 e. The minimum absolute atomic E-state index is 0.0881. The number of sulfonamides is 1. The Kier molecular flexibility index (Phi) is 6.90. The Morgan fingerprint density at radius 2 is 2.00 bits per heavy atom. The summed E-state index contributed by atoms with van der Waals surface area (Å²) in [4.78, 5) is 4.18. The minimum Gasteiger partial charge on any atom is -0.369 e. The smallest absolute Gasteiger partial charge is 0.242 e. The summed E-state index contributed by atoms with van der Waals surface area (Å²) in [5, 5.41) is 3.36. The van der Waals surface area contributed by atoms with Crippen LogP contribution >= 0.6 is 11.6 Å². The second-order valence-electron chi connectivity index (χ2n) is 5.58. The molecule has 7 heteroatoms. The van der Waals surface area contributed by atoms with Gasteiger partial charge in [-0.05, 0) is 31.7 Å². The van der Waals surface area contributed by atoms with E-state index in [4.69, 9.17) is 11.6 Å². The van der Waals surface area contributed by atoms with Gasteiger partial charge >= 0.3 is 0 Å². The van der Waals surface area contributed by atoms with Crippen molar-refractivity contribution in [1.29, 1.82) is 0 Å². The highest BCUT2D eigenvalue weighted by molar-refractivity contribution is 7.89. The molecule has 1 atom stereocenters. The molecule has 1 aromatic rings. The van der Waals surface area contributed by atoms with Crippen molar-refractivity contribution >= 4 is 27.4 Å². The molecule has 0 saturated carbocycles. The fraction of sp³-hybridized carbons (Fsp3) is 0.643. The highest BCUT2D eigenvalue weighted by atomic mass is 35.5. The van der Waals surface area contributed by atoms with Gasteiger partial charge in [0.25, 0.3) is 0 Å². The van der Waals surface area contributed by atoms with Crippen LogP contribution in [0, 0.1) is 5.92 Å². The fourth-order valence-corrected chi connectivity index (χ4v) is 3.55. The first-order chi connectivity index (χ1) is 9.76. The van der Waals surface area contributed by atoms with Gasteiger partial charge in [0.1, 0.15) is 10.7 Å². The van der Waals surface area contributed by atoms with Crippen molar-refractivity contribution in [3.63, 3.8) is 0 Å². The lowest BCUT2D eigenvalue weighted by Gasteiger charge is -2.16. The average Bonchev–Trinajstić information content (AvgIpc) is 2.35. The first kappa shape index (κ1) is 18.2. The third kappa shape index (κ3) is 5.80. The fourth-order valence-electron chi connectivity index (χ4n) is 2.03. The van der Waals surface area contributed by atoms with Crippen molar-refractivity contribution in [3.05, 3.63) is 17.3 Å². The second-order valence-corrected chi connectivity index (χ2v) is 7.70. The highest BCUT2D eigenvalue weighted by Crippen LogP contribution is 2.22. The van der Waals surface area contributed by atoms with Crippen molar-refractivity contribution in [2.45, 2.75) is 51.5 Å². The standard InChI is InChI=1S/C14H24ClN3O2S/c1-5-6-16-14-13(15)8-12(9-17-14)21(19,20)18-11(4)7-10(2)3/h8-11,18H,5-7H2,1-4H3,(H,16,17). The maximum atomic E-state index is 12.3. The number of anilines is 1. The van der Waals surface area contributed by atoms with Gasteiger partial charge in [0.2, 0.25) is 10.0 Å². The van der Waals surface area contributed by atoms with E-state index in [2.05, 4.69) is 28.9 Å². The predicted molar refractivity (Wildman–Crippen MR) is 87.3 cm³/mol. The molecule has 0 amide bonds. The molecule has 1 rings (SSSR count). The molecule has 120 valence electrons. The van der Waals surface area contributed by atoms with Crippen LogP contribution < -0.4 is 10.0 Å². The molecule has 0 bridgehead atoms. The molecular formula is C14H24ClN3O2S. The summed E-state index contributed by atoms with van der Waals surface area (Å²) in [5.74, 6) is 0.928. The van der Waals surface area contributed by atoms with Crippen molar-refractivity contribution < 1.29 is 8.42 Å². The van der Waals surface area contributed by atoms with Gasteiger partial charge in [-0.15, -0.1) is 0 Å². The molecule has 1 heterocycles. The first-order valence-electron chi connectivity index (χ1n) is 7.18. The Balaban J connectivity index is 2.86. The lowest BCUT2D eigenvalue weighted by Crippen LogP contribution is -2.33.